The maximum atomic E-state index is 12.9. The lowest BCUT2D eigenvalue weighted by Crippen LogP contribution is -2.42. The van der Waals surface area contributed by atoms with Gasteiger partial charge in [-0.25, -0.2) is 9.78 Å². The van der Waals surface area contributed by atoms with Crippen molar-refractivity contribution in [2.75, 3.05) is 11.4 Å². The zero-order chi connectivity index (χ0) is 18.9. The second-order valence-electron chi connectivity index (χ2n) is 8.84. The lowest BCUT2D eigenvalue weighted by atomic mass is 9.94. The van der Waals surface area contributed by atoms with Crippen LogP contribution in [0.15, 0.2) is 18.3 Å². The first-order chi connectivity index (χ1) is 12.3. The average molecular weight is 360 g/mol. The van der Waals surface area contributed by atoms with Crippen LogP contribution in [0.4, 0.5) is 10.6 Å². The number of ether oxygens (including phenoxy) is 1. The first-order valence-electron chi connectivity index (χ1n) is 10.0. The molecule has 1 saturated heterocycles. The number of carbonyl (C=O) groups is 1. The van der Waals surface area contributed by atoms with Gasteiger partial charge in [0, 0.05) is 29.9 Å². The van der Waals surface area contributed by atoms with E-state index in [-0.39, 0.29) is 12.1 Å². The zero-order valence-corrected chi connectivity index (χ0v) is 16.9. The molecular formula is C21H33N3O2. The Morgan fingerprint density at radius 2 is 2.00 bits per heavy atom. The largest absolute Gasteiger partial charge is 0.443 e. The van der Waals surface area contributed by atoms with Crippen molar-refractivity contribution in [3.63, 3.8) is 0 Å². The Balaban J connectivity index is 1.95. The number of hydrogen-bond donors (Lipinski definition) is 0. The monoisotopic (exact) mass is 359 g/mol. The predicted molar refractivity (Wildman–Crippen MR) is 104 cm³/mol. The molecule has 0 aromatic carbocycles. The molecule has 2 heterocycles. The van der Waals surface area contributed by atoms with E-state index in [9.17, 15) is 4.79 Å². The van der Waals surface area contributed by atoms with Crippen molar-refractivity contribution in [1.82, 2.24) is 9.88 Å². The average Bonchev–Trinajstić information content (AvgIpc) is 3.39. The molecule has 0 N–H and O–H groups in total. The van der Waals surface area contributed by atoms with Crippen molar-refractivity contribution in [3.05, 3.63) is 23.9 Å². The van der Waals surface area contributed by atoms with Gasteiger partial charge in [-0.1, -0.05) is 12.5 Å². The van der Waals surface area contributed by atoms with Gasteiger partial charge >= 0.3 is 6.09 Å². The minimum atomic E-state index is -0.506. The van der Waals surface area contributed by atoms with Crippen LogP contribution in [0.25, 0.3) is 0 Å². The summed E-state index contributed by atoms with van der Waals surface area (Å²) in [5.74, 6) is 0.793. The van der Waals surface area contributed by atoms with Gasteiger partial charge in [-0.3, -0.25) is 9.80 Å². The molecule has 0 bridgehead atoms. The quantitative estimate of drug-likeness (QED) is 0.765. The smallest absolute Gasteiger partial charge is 0.416 e. The minimum absolute atomic E-state index is 0.217. The second-order valence-corrected chi connectivity index (χ2v) is 8.84. The third kappa shape index (κ3) is 4.37. The molecule has 3 rings (SSSR count). The van der Waals surface area contributed by atoms with Crippen molar-refractivity contribution in [2.24, 2.45) is 0 Å². The number of anilines is 1. The SMILES string of the molecule is CC(C)N1CCCCC1c1cccnc1N(C(=O)OC(C)(C)C)C1CC1. The van der Waals surface area contributed by atoms with Crippen molar-refractivity contribution >= 4 is 11.9 Å². The Morgan fingerprint density at radius 3 is 2.62 bits per heavy atom. The Hall–Kier alpha value is -1.62. The van der Waals surface area contributed by atoms with Crippen LogP contribution >= 0.6 is 0 Å². The maximum Gasteiger partial charge on any atom is 0.416 e. The summed E-state index contributed by atoms with van der Waals surface area (Å²) in [4.78, 5) is 22.0. The Kier molecular flexibility index (Phi) is 5.56. The van der Waals surface area contributed by atoms with Crippen LogP contribution in [0.3, 0.4) is 0 Å². The van der Waals surface area contributed by atoms with E-state index in [0.717, 1.165) is 31.6 Å². The molecule has 1 unspecified atom stereocenters. The first kappa shape index (κ1) is 19.2. The highest BCUT2D eigenvalue weighted by atomic mass is 16.6. The van der Waals surface area contributed by atoms with Gasteiger partial charge in [-0.2, -0.15) is 0 Å². The highest BCUT2D eigenvalue weighted by Crippen LogP contribution is 2.40. The summed E-state index contributed by atoms with van der Waals surface area (Å²) < 4.78 is 5.71. The van der Waals surface area contributed by atoms with Crippen molar-refractivity contribution in [2.45, 2.75) is 90.4 Å². The number of carbonyl (C=O) groups excluding carboxylic acids is 1. The van der Waals surface area contributed by atoms with Gasteiger partial charge < -0.3 is 4.74 Å². The van der Waals surface area contributed by atoms with Crippen LogP contribution in [-0.4, -0.2) is 40.2 Å². The molecule has 1 aliphatic heterocycles. The predicted octanol–water partition coefficient (Wildman–Crippen LogP) is 4.92. The standard InChI is InChI=1S/C21H33N3O2/c1-15(2)23-14-7-6-10-18(23)17-9-8-13-22-19(17)24(16-11-12-16)20(25)26-21(3,4)5/h8-9,13,15-16,18H,6-7,10-12,14H2,1-5H3. The molecule has 0 spiro atoms. The van der Waals surface area contributed by atoms with Crippen LogP contribution < -0.4 is 4.90 Å². The zero-order valence-electron chi connectivity index (χ0n) is 16.9. The molecule has 26 heavy (non-hydrogen) atoms. The van der Waals surface area contributed by atoms with E-state index in [1.54, 1.807) is 6.20 Å². The Bertz CT molecular complexity index is 634. The topological polar surface area (TPSA) is 45.7 Å². The van der Waals surface area contributed by atoms with E-state index in [4.69, 9.17) is 4.74 Å². The fourth-order valence-corrected chi connectivity index (χ4v) is 3.83. The fourth-order valence-electron chi connectivity index (χ4n) is 3.83. The summed E-state index contributed by atoms with van der Waals surface area (Å²) in [7, 11) is 0. The van der Waals surface area contributed by atoms with E-state index in [2.05, 4.69) is 29.8 Å². The van der Waals surface area contributed by atoms with Gasteiger partial charge in [0.1, 0.15) is 11.4 Å². The summed E-state index contributed by atoms with van der Waals surface area (Å²) in [5, 5.41) is 0. The molecule has 5 nitrogen and oxygen atoms in total. The van der Waals surface area contributed by atoms with Gasteiger partial charge in [-0.15, -0.1) is 0 Å². The van der Waals surface area contributed by atoms with Crippen molar-refractivity contribution < 1.29 is 9.53 Å². The van der Waals surface area contributed by atoms with E-state index >= 15 is 0 Å². The lowest BCUT2D eigenvalue weighted by molar-refractivity contribution is 0.0574. The van der Waals surface area contributed by atoms with E-state index in [1.165, 1.54) is 18.4 Å². The van der Waals surface area contributed by atoms with E-state index in [1.807, 2.05) is 31.7 Å². The minimum Gasteiger partial charge on any atom is -0.443 e. The molecular weight excluding hydrogens is 326 g/mol. The number of likely N-dealkylation sites (tertiary alicyclic amines) is 1. The van der Waals surface area contributed by atoms with E-state index in [0.29, 0.717) is 12.1 Å². The van der Waals surface area contributed by atoms with Gasteiger partial charge in [0.25, 0.3) is 0 Å². The molecule has 1 atom stereocenters. The summed E-state index contributed by atoms with van der Waals surface area (Å²) >= 11 is 0. The summed E-state index contributed by atoms with van der Waals surface area (Å²) in [6, 6.07) is 5.15. The number of piperidine rings is 1. The number of pyridine rings is 1. The van der Waals surface area contributed by atoms with Gasteiger partial charge in [0.2, 0.25) is 0 Å². The Labute approximate surface area is 157 Å². The summed E-state index contributed by atoms with van der Waals surface area (Å²) in [6.07, 6.45) is 7.14. The third-order valence-electron chi connectivity index (χ3n) is 5.11. The third-order valence-corrected chi connectivity index (χ3v) is 5.11. The highest BCUT2D eigenvalue weighted by molar-refractivity contribution is 5.89. The molecule has 0 radical (unpaired) electrons. The number of aromatic nitrogens is 1. The highest BCUT2D eigenvalue weighted by Gasteiger charge is 2.40. The van der Waals surface area contributed by atoms with Gasteiger partial charge in [-0.05, 0) is 72.9 Å². The maximum absolute atomic E-state index is 12.9. The molecule has 144 valence electrons. The number of amides is 1. The summed E-state index contributed by atoms with van der Waals surface area (Å²) in [6.45, 7) is 11.3. The van der Waals surface area contributed by atoms with Crippen LogP contribution in [0.5, 0.6) is 0 Å². The molecule has 5 heteroatoms. The molecule has 1 saturated carbocycles. The molecule has 1 aromatic heterocycles. The van der Waals surface area contributed by atoms with Gasteiger partial charge in [0.15, 0.2) is 0 Å². The first-order valence-corrected chi connectivity index (χ1v) is 10.0. The van der Waals surface area contributed by atoms with Crippen molar-refractivity contribution in [1.29, 1.82) is 0 Å². The molecule has 1 amide bonds. The molecule has 1 aliphatic carbocycles. The second kappa shape index (κ2) is 7.55. The van der Waals surface area contributed by atoms with Crippen molar-refractivity contribution in [3.8, 4) is 0 Å². The van der Waals surface area contributed by atoms with E-state index < -0.39 is 5.60 Å². The number of hydrogen-bond acceptors (Lipinski definition) is 4. The van der Waals surface area contributed by atoms with Gasteiger partial charge in [0.05, 0.1) is 0 Å². The fraction of sp³-hybridized carbons (Fsp3) is 0.714. The van der Waals surface area contributed by atoms with Crippen LogP contribution in [0.1, 0.15) is 78.3 Å². The number of rotatable bonds is 4. The molecule has 2 fully saturated rings. The normalized spacial score (nSPS) is 21.7. The molecule has 1 aromatic rings. The lowest BCUT2D eigenvalue weighted by Gasteiger charge is -2.40. The van der Waals surface area contributed by atoms with Crippen LogP contribution in [0, 0.1) is 0 Å². The number of nitrogens with zero attached hydrogens (tertiary/aromatic N) is 3. The van der Waals surface area contributed by atoms with Crippen LogP contribution in [0.2, 0.25) is 0 Å². The summed E-state index contributed by atoms with van der Waals surface area (Å²) in [5.41, 5.74) is 0.659. The van der Waals surface area contributed by atoms with Crippen LogP contribution in [-0.2, 0) is 4.74 Å². The Morgan fingerprint density at radius 1 is 1.27 bits per heavy atom. The molecule has 2 aliphatic rings.